The third kappa shape index (κ3) is 3.74. The Morgan fingerprint density at radius 2 is 2.10 bits per heavy atom. The highest BCUT2D eigenvalue weighted by Gasteiger charge is 2.10. The summed E-state index contributed by atoms with van der Waals surface area (Å²) in [4.78, 5) is 2.16. The lowest BCUT2D eigenvalue weighted by molar-refractivity contribution is 0.400. The van der Waals surface area contributed by atoms with Crippen LogP contribution in [0.1, 0.15) is 24.1 Å². The number of nitrogens with zero attached hydrogens (tertiary/aromatic N) is 1. The van der Waals surface area contributed by atoms with Crippen molar-refractivity contribution in [2.24, 2.45) is 0 Å². The lowest BCUT2D eigenvalue weighted by atomic mass is 10.1. The van der Waals surface area contributed by atoms with Crippen molar-refractivity contribution < 1.29 is 4.74 Å². The molecule has 20 heavy (non-hydrogen) atoms. The topological polar surface area (TPSA) is 24.5 Å². The highest BCUT2D eigenvalue weighted by Crippen LogP contribution is 2.30. The standard InChI is InChI=1S/C16H22N2OS/c1-12(14-7-8-20-11-14)17-15-9-13(10-18(2)3)5-6-16(15)19-4/h5-9,11-12,17H,10H2,1-4H3. The SMILES string of the molecule is COc1ccc(CN(C)C)cc1NC(C)c1ccsc1. The van der Waals surface area contributed by atoms with Crippen LogP contribution in [0.4, 0.5) is 5.69 Å². The summed E-state index contributed by atoms with van der Waals surface area (Å²) in [5.41, 5.74) is 3.62. The third-order valence-corrected chi connectivity index (χ3v) is 3.88. The molecule has 3 nitrogen and oxygen atoms in total. The molecule has 0 spiro atoms. The Kier molecular flexibility index (Phi) is 5.04. The molecule has 2 rings (SSSR count). The predicted molar refractivity (Wildman–Crippen MR) is 86.7 cm³/mol. The van der Waals surface area contributed by atoms with Crippen LogP contribution in [-0.2, 0) is 6.54 Å². The molecule has 108 valence electrons. The molecule has 1 atom stereocenters. The number of rotatable bonds is 6. The predicted octanol–water partition coefficient (Wildman–Crippen LogP) is 3.99. The van der Waals surface area contributed by atoms with E-state index in [9.17, 15) is 0 Å². The molecule has 0 fully saturated rings. The van der Waals surface area contributed by atoms with Crippen LogP contribution in [0.15, 0.2) is 35.0 Å². The molecule has 0 aliphatic rings. The van der Waals surface area contributed by atoms with Crippen LogP contribution >= 0.6 is 11.3 Å². The molecule has 1 unspecified atom stereocenters. The second kappa shape index (κ2) is 6.77. The molecule has 0 radical (unpaired) electrons. The van der Waals surface area contributed by atoms with Gasteiger partial charge in [-0.1, -0.05) is 6.07 Å². The summed E-state index contributed by atoms with van der Waals surface area (Å²) in [5.74, 6) is 0.884. The summed E-state index contributed by atoms with van der Waals surface area (Å²) >= 11 is 1.72. The van der Waals surface area contributed by atoms with Gasteiger partial charge in [-0.3, -0.25) is 0 Å². The Morgan fingerprint density at radius 3 is 2.70 bits per heavy atom. The molecule has 1 heterocycles. The van der Waals surface area contributed by atoms with E-state index in [1.807, 2.05) is 6.07 Å². The van der Waals surface area contributed by atoms with E-state index in [-0.39, 0.29) is 6.04 Å². The lowest BCUT2D eigenvalue weighted by Gasteiger charge is -2.19. The Bertz CT molecular complexity index is 537. The van der Waals surface area contributed by atoms with Gasteiger partial charge >= 0.3 is 0 Å². The third-order valence-electron chi connectivity index (χ3n) is 3.18. The number of anilines is 1. The number of nitrogens with one attached hydrogen (secondary N) is 1. The molecule has 2 aromatic rings. The molecule has 1 aromatic heterocycles. The number of ether oxygens (including phenoxy) is 1. The van der Waals surface area contributed by atoms with Gasteiger partial charge in [-0.15, -0.1) is 0 Å². The van der Waals surface area contributed by atoms with E-state index in [0.29, 0.717) is 0 Å². The Balaban J connectivity index is 2.19. The van der Waals surface area contributed by atoms with Gasteiger partial charge in [0.2, 0.25) is 0 Å². The maximum atomic E-state index is 5.45. The van der Waals surface area contributed by atoms with E-state index < -0.39 is 0 Å². The van der Waals surface area contributed by atoms with Crippen LogP contribution in [0.2, 0.25) is 0 Å². The molecular weight excluding hydrogens is 268 g/mol. The smallest absolute Gasteiger partial charge is 0.141 e. The first-order chi connectivity index (χ1) is 9.60. The van der Waals surface area contributed by atoms with Gasteiger partial charge in [-0.25, -0.2) is 0 Å². The number of benzene rings is 1. The number of hydrogen-bond acceptors (Lipinski definition) is 4. The van der Waals surface area contributed by atoms with Crippen LogP contribution < -0.4 is 10.1 Å². The Hall–Kier alpha value is -1.52. The van der Waals surface area contributed by atoms with Crippen molar-refractivity contribution in [1.82, 2.24) is 4.90 Å². The van der Waals surface area contributed by atoms with Crippen LogP contribution in [0, 0.1) is 0 Å². The normalized spacial score (nSPS) is 12.4. The van der Waals surface area contributed by atoms with E-state index >= 15 is 0 Å². The highest BCUT2D eigenvalue weighted by atomic mass is 32.1. The fourth-order valence-electron chi connectivity index (χ4n) is 2.17. The van der Waals surface area contributed by atoms with Gasteiger partial charge in [0.1, 0.15) is 5.75 Å². The number of thiophene rings is 1. The van der Waals surface area contributed by atoms with Crippen molar-refractivity contribution in [3.63, 3.8) is 0 Å². The molecule has 0 aliphatic heterocycles. The van der Waals surface area contributed by atoms with Crippen LogP contribution in [0.5, 0.6) is 5.75 Å². The van der Waals surface area contributed by atoms with E-state index in [1.165, 1.54) is 11.1 Å². The first-order valence-electron chi connectivity index (χ1n) is 6.70. The molecule has 4 heteroatoms. The van der Waals surface area contributed by atoms with Crippen molar-refractivity contribution in [3.8, 4) is 5.75 Å². The second-order valence-corrected chi connectivity index (χ2v) is 5.98. The molecule has 0 saturated heterocycles. The number of hydrogen-bond donors (Lipinski definition) is 1. The summed E-state index contributed by atoms with van der Waals surface area (Å²) in [7, 11) is 5.86. The summed E-state index contributed by atoms with van der Waals surface area (Å²) < 4.78 is 5.45. The fraction of sp³-hybridized carbons (Fsp3) is 0.375. The Morgan fingerprint density at radius 1 is 1.30 bits per heavy atom. The van der Waals surface area contributed by atoms with E-state index in [1.54, 1.807) is 18.4 Å². The van der Waals surface area contributed by atoms with Gasteiger partial charge in [0, 0.05) is 12.6 Å². The zero-order valence-corrected chi connectivity index (χ0v) is 13.3. The highest BCUT2D eigenvalue weighted by molar-refractivity contribution is 7.07. The van der Waals surface area contributed by atoms with Crippen molar-refractivity contribution in [1.29, 1.82) is 0 Å². The quantitative estimate of drug-likeness (QED) is 0.870. The zero-order chi connectivity index (χ0) is 14.5. The Labute approximate surface area is 125 Å². The van der Waals surface area contributed by atoms with Crippen molar-refractivity contribution in [2.45, 2.75) is 19.5 Å². The second-order valence-electron chi connectivity index (χ2n) is 5.20. The number of methoxy groups -OCH3 is 1. The molecule has 0 saturated carbocycles. The average Bonchev–Trinajstić information content (AvgIpc) is 2.92. The van der Waals surface area contributed by atoms with E-state index in [4.69, 9.17) is 4.74 Å². The van der Waals surface area contributed by atoms with Crippen molar-refractivity contribution in [3.05, 3.63) is 46.2 Å². The fourth-order valence-corrected chi connectivity index (χ4v) is 2.92. The lowest BCUT2D eigenvalue weighted by Crippen LogP contribution is -2.12. The maximum absolute atomic E-state index is 5.45. The summed E-state index contributed by atoms with van der Waals surface area (Å²) in [6.45, 7) is 3.09. The maximum Gasteiger partial charge on any atom is 0.141 e. The molecular formula is C16H22N2OS. The van der Waals surface area contributed by atoms with Gasteiger partial charge in [0.15, 0.2) is 0 Å². The van der Waals surface area contributed by atoms with Gasteiger partial charge < -0.3 is 15.0 Å². The monoisotopic (exact) mass is 290 g/mol. The largest absolute Gasteiger partial charge is 0.495 e. The minimum Gasteiger partial charge on any atom is -0.495 e. The molecule has 1 N–H and O–H groups in total. The average molecular weight is 290 g/mol. The van der Waals surface area contributed by atoms with Crippen LogP contribution in [0.25, 0.3) is 0 Å². The minimum atomic E-state index is 0.268. The van der Waals surface area contributed by atoms with Crippen molar-refractivity contribution >= 4 is 17.0 Å². The van der Waals surface area contributed by atoms with Crippen LogP contribution in [0.3, 0.4) is 0 Å². The minimum absolute atomic E-state index is 0.268. The molecule has 0 bridgehead atoms. The summed E-state index contributed by atoms with van der Waals surface area (Å²) in [6.07, 6.45) is 0. The van der Waals surface area contributed by atoms with E-state index in [2.05, 4.69) is 60.2 Å². The first-order valence-corrected chi connectivity index (χ1v) is 7.64. The molecule has 1 aromatic carbocycles. The molecule has 0 amide bonds. The van der Waals surface area contributed by atoms with Crippen LogP contribution in [-0.4, -0.2) is 26.1 Å². The van der Waals surface area contributed by atoms with Crippen molar-refractivity contribution in [2.75, 3.05) is 26.5 Å². The van der Waals surface area contributed by atoms with Gasteiger partial charge in [0.05, 0.1) is 12.8 Å². The summed E-state index contributed by atoms with van der Waals surface area (Å²) in [6, 6.07) is 8.73. The molecule has 0 aliphatic carbocycles. The first kappa shape index (κ1) is 14.9. The summed E-state index contributed by atoms with van der Waals surface area (Å²) in [5, 5.41) is 7.82. The van der Waals surface area contributed by atoms with E-state index in [0.717, 1.165) is 18.0 Å². The van der Waals surface area contributed by atoms with Gasteiger partial charge in [0.25, 0.3) is 0 Å². The van der Waals surface area contributed by atoms with Gasteiger partial charge in [-0.05, 0) is 61.1 Å². The zero-order valence-electron chi connectivity index (χ0n) is 12.5. The van der Waals surface area contributed by atoms with Gasteiger partial charge in [-0.2, -0.15) is 11.3 Å².